The second-order valence-corrected chi connectivity index (χ2v) is 5.74. The zero-order valence-electron chi connectivity index (χ0n) is 9.74. The molecule has 2 rings (SSSR count). The molecule has 2 heterocycles. The van der Waals surface area contributed by atoms with Crippen LogP contribution in [0.15, 0.2) is 22.7 Å². The standard InChI is InChI=1S/C10H15N5S2/c1-15-10(12-13-14-15)17-7-3-5-11-8-9-4-2-6-16-9/h2,4,6,11H,3,5,7-8H2,1H3/p+1. The van der Waals surface area contributed by atoms with Gasteiger partial charge in [-0.05, 0) is 21.9 Å². The van der Waals surface area contributed by atoms with Gasteiger partial charge in [0.1, 0.15) is 6.54 Å². The highest BCUT2D eigenvalue weighted by Crippen LogP contribution is 2.12. The van der Waals surface area contributed by atoms with Crippen molar-refractivity contribution in [1.82, 2.24) is 20.2 Å². The lowest BCUT2D eigenvalue weighted by molar-refractivity contribution is -0.669. The third kappa shape index (κ3) is 4.10. The van der Waals surface area contributed by atoms with Crippen LogP contribution < -0.4 is 5.32 Å². The monoisotopic (exact) mass is 270 g/mol. The van der Waals surface area contributed by atoms with Gasteiger partial charge in [0.05, 0.1) is 11.4 Å². The number of nitrogens with zero attached hydrogens (tertiary/aromatic N) is 4. The largest absolute Gasteiger partial charge is 0.342 e. The van der Waals surface area contributed by atoms with E-state index in [1.807, 2.05) is 18.4 Å². The third-order valence-electron chi connectivity index (χ3n) is 2.29. The number of hydrogen-bond acceptors (Lipinski definition) is 5. The van der Waals surface area contributed by atoms with E-state index < -0.39 is 0 Å². The van der Waals surface area contributed by atoms with Crippen LogP contribution in [0.25, 0.3) is 0 Å². The average molecular weight is 270 g/mol. The highest BCUT2D eigenvalue weighted by molar-refractivity contribution is 7.99. The van der Waals surface area contributed by atoms with E-state index in [9.17, 15) is 0 Å². The smallest absolute Gasteiger partial charge is 0.209 e. The van der Waals surface area contributed by atoms with Gasteiger partial charge in [-0.3, -0.25) is 0 Å². The second kappa shape index (κ2) is 6.73. The molecule has 0 aliphatic carbocycles. The van der Waals surface area contributed by atoms with Crippen LogP contribution in [-0.2, 0) is 13.6 Å². The van der Waals surface area contributed by atoms with Gasteiger partial charge in [0.25, 0.3) is 0 Å². The molecule has 0 saturated heterocycles. The van der Waals surface area contributed by atoms with E-state index in [2.05, 4.69) is 38.4 Å². The van der Waals surface area contributed by atoms with Crippen molar-refractivity contribution in [2.45, 2.75) is 18.1 Å². The van der Waals surface area contributed by atoms with Gasteiger partial charge in [-0.1, -0.05) is 17.8 Å². The number of hydrogen-bond donors (Lipinski definition) is 1. The molecule has 17 heavy (non-hydrogen) atoms. The van der Waals surface area contributed by atoms with Crippen LogP contribution >= 0.6 is 23.1 Å². The molecule has 0 atom stereocenters. The van der Waals surface area contributed by atoms with E-state index in [4.69, 9.17) is 0 Å². The molecule has 0 fully saturated rings. The Morgan fingerprint density at radius 3 is 3.18 bits per heavy atom. The molecule has 2 N–H and O–H groups in total. The molecule has 7 heteroatoms. The fourth-order valence-electron chi connectivity index (χ4n) is 1.41. The maximum absolute atomic E-state index is 3.93. The lowest BCUT2D eigenvalue weighted by atomic mass is 10.4. The van der Waals surface area contributed by atoms with E-state index >= 15 is 0 Å². The molecule has 2 aromatic heterocycles. The van der Waals surface area contributed by atoms with Crippen molar-refractivity contribution in [3.63, 3.8) is 0 Å². The minimum absolute atomic E-state index is 0.892. The normalized spacial score (nSPS) is 10.9. The maximum atomic E-state index is 3.93. The Bertz CT molecular complexity index is 426. The minimum Gasteiger partial charge on any atom is -0.342 e. The van der Waals surface area contributed by atoms with Gasteiger partial charge in [0.15, 0.2) is 0 Å². The lowest BCUT2D eigenvalue weighted by Gasteiger charge is -2.00. The quantitative estimate of drug-likeness (QED) is 0.588. The molecule has 0 spiro atoms. The minimum atomic E-state index is 0.892. The molecule has 0 amide bonds. The first-order valence-corrected chi connectivity index (χ1v) is 7.42. The predicted molar refractivity (Wildman–Crippen MR) is 69.0 cm³/mol. The van der Waals surface area contributed by atoms with E-state index in [0.717, 1.165) is 24.0 Å². The molecular weight excluding hydrogens is 254 g/mol. The third-order valence-corrected chi connectivity index (χ3v) is 4.29. The number of aryl methyl sites for hydroxylation is 1. The number of rotatable bonds is 7. The second-order valence-electron chi connectivity index (χ2n) is 3.65. The number of thioether (sulfide) groups is 1. The van der Waals surface area contributed by atoms with Crippen LogP contribution in [-0.4, -0.2) is 32.5 Å². The summed E-state index contributed by atoms with van der Waals surface area (Å²) in [6, 6.07) is 4.28. The summed E-state index contributed by atoms with van der Waals surface area (Å²) in [7, 11) is 1.87. The summed E-state index contributed by atoms with van der Waals surface area (Å²) in [5.41, 5.74) is 0. The van der Waals surface area contributed by atoms with Crippen molar-refractivity contribution in [2.75, 3.05) is 12.3 Å². The van der Waals surface area contributed by atoms with Crippen molar-refractivity contribution < 1.29 is 5.32 Å². The van der Waals surface area contributed by atoms with Crippen molar-refractivity contribution >= 4 is 23.1 Å². The topological polar surface area (TPSA) is 60.2 Å². The van der Waals surface area contributed by atoms with E-state index in [0.29, 0.717) is 0 Å². The van der Waals surface area contributed by atoms with Gasteiger partial charge in [-0.2, -0.15) is 0 Å². The number of nitrogens with two attached hydrogens (primary N) is 1. The van der Waals surface area contributed by atoms with Gasteiger partial charge in [-0.15, -0.1) is 16.4 Å². The molecule has 2 aromatic rings. The summed E-state index contributed by atoms with van der Waals surface area (Å²) >= 11 is 3.53. The summed E-state index contributed by atoms with van der Waals surface area (Å²) in [6.45, 7) is 2.24. The molecule has 5 nitrogen and oxygen atoms in total. The number of thiophene rings is 1. The SMILES string of the molecule is Cn1nnnc1SCCC[NH2+]Cc1cccs1. The van der Waals surface area contributed by atoms with Gasteiger partial charge in [-0.25, -0.2) is 4.68 Å². The summed E-state index contributed by atoms with van der Waals surface area (Å²) in [5, 5.41) is 16.7. The van der Waals surface area contributed by atoms with Crippen LogP contribution in [0, 0.1) is 0 Å². The molecule has 0 radical (unpaired) electrons. The molecule has 0 aliphatic rings. The number of aromatic nitrogens is 4. The van der Waals surface area contributed by atoms with Crippen molar-refractivity contribution in [3.05, 3.63) is 22.4 Å². The fraction of sp³-hybridized carbons (Fsp3) is 0.500. The lowest BCUT2D eigenvalue weighted by Crippen LogP contribution is -2.82. The molecule has 0 aromatic carbocycles. The Balaban J connectivity index is 1.54. The van der Waals surface area contributed by atoms with Gasteiger partial charge in [0.2, 0.25) is 5.16 Å². The fourth-order valence-corrected chi connectivity index (χ4v) is 2.92. The van der Waals surface area contributed by atoms with Crippen molar-refractivity contribution in [2.24, 2.45) is 7.05 Å². The summed E-state index contributed by atoms with van der Waals surface area (Å²) < 4.78 is 1.71. The molecular formula is C10H16N5S2+. The van der Waals surface area contributed by atoms with Crippen LogP contribution in [0.3, 0.4) is 0 Å². The maximum Gasteiger partial charge on any atom is 0.209 e. The zero-order chi connectivity index (χ0) is 11.9. The van der Waals surface area contributed by atoms with Crippen molar-refractivity contribution in [3.8, 4) is 0 Å². The van der Waals surface area contributed by atoms with Crippen LogP contribution in [0.2, 0.25) is 0 Å². The Hall–Kier alpha value is -0.920. The summed E-state index contributed by atoms with van der Waals surface area (Å²) in [6.07, 6.45) is 1.17. The molecule has 0 aliphatic heterocycles. The van der Waals surface area contributed by atoms with Crippen LogP contribution in [0.1, 0.15) is 11.3 Å². The first-order chi connectivity index (χ1) is 8.36. The van der Waals surface area contributed by atoms with Crippen LogP contribution in [0.5, 0.6) is 0 Å². The Morgan fingerprint density at radius 1 is 1.53 bits per heavy atom. The first-order valence-electron chi connectivity index (χ1n) is 5.55. The number of tetrazole rings is 1. The van der Waals surface area contributed by atoms with Gasteiger partial charge in [0, 0.05) is 19.2 Å². The highest BCUT2D eigenvalue weighted by Gasteiger charge is 2.02. The Labute approximate surface area is 109 Å². The summed E-state index contributed by atoms with van der Waals surface area (Å²) in [4.78, 5) is 1.44. The molecule has 0 bridgehead atoms. The Morgan fingerprint density at radius 2 is 2.47 bits per heavy atom. The van der Waals surface area contributed by atoms with Gasteiger partial charge >= 0.3 is 0 Å². The zero-order valence-corrected chi connectivity index (χ0v) is 11.4. The Kier molecular flexibility index (Phi) is 4.96. The first kappa shape index (κ1) is 12.5. The van der Waals surface area contributed by atoms with E-state index in [1.54, 1.807) is 16.4 Å². The summed E-state index contributed by atoms with van der Waals surface area (Å²) in [5.74, 6) is 1.06. The van der Waals surface area contributed by atoms with Crippen molar-refractivity contribution in [1.29, 1.82) is 0 Å². The molecule has 0 unspecified atom stereocenters. The van der Waals surface area contributed by atoms with Crippen LogP contribution in [0.4, 0.5) is 0 Å². The molecule has 0 saturated carbocycles. The number of quaternary nitrogens is 1. The van der Waals surface area contributed by atoms with Gasteiger partial charge < -0.3 is 5.32 Å². The predicted octanol–water partition coefficient (Wildman–Crippen LogP) is 0.517. The molecule has 92 valence electrons. The van der Waals surface area contributed by atoms with E-state index in [1.165, 1.54) is 11.3 Å². The highest BCUT2D eigenvalue weighted by atomic mass is 32.2. The average Bonchev–Trinajstić information content (AvgIpc) is 2.95. The van der Waals surface area contributed by atoms with E-state index in [-0.39, 0.29) is 0 Å².